The molecular weight excluding hydrogens is 232 g/mol. The molecule has 0 heterocycles. The van der Waals surface area contributed by atoms with Gasteiger partial charge in [0.2, 0.25) is 0 Å². The van der Waals surface area contributed by atoms with Gasteiger partial charge in [0.1, 0.15) is 0 Å². The normalized spacial score (nSPS) is 11.5. The molecule has 0 bridgehead atoms. The van der Waals surface area contributed by atoms with Gasteiger partial charge in [-0.25, -0.2) is 10.2 Å². The molecule has 1 aromatic carbocycles. The van der Waals surface area contributed by atoms with E-state index in [4.69, 9.17) is 5.73 Å². The van der Waals surface area contributed by atoms with Crippen LogP contribution >= 0.6 is 0 Å². The van der Waals surface area contributed by atoms with Crippen LogP contribution in [-0.4, -0.2) is 18.0 Å². The number of carbonyl (C=O) groups is 2. The lowest BCUT2D eigenvalue weighted by atomic mass is 10.1. The van der Waals surface area contributed by atoms with Crippen LogP contribution in [0.4, 0.5) is 4.79 Å². The lowest BCUT2D eigenvalue weighted by Crippen LogP contribution is -2.51. The quantitative estimate of drug-likeness (QED) is 0.576. The van der Waals surface area contributed by atoms with E-state index in [1.54, 1.807) is 0 Å². The van der Waals surface area contributed by atoms with Gasteiger partial charge in [-0.1, -0.05) is 24.3 Å². The smallest absolute Gasteiger partial charge is 0.333 e. The molecule has 0 aromatic heterocycles. The van der Waals surface area contributed by atoms with E-state index in [9.17, 15) is 9.59 Å². The summed E-state index contributed by atoms with van der Waals surface area (Å²) in [6.07, 6.45) is 0. The lowest BCUT2D eigenvalue weighted by Gasteiger charge is -2.11. The van der Waals surface area contributed by atoms with Crippen molar-refractivity contribution in [3.63, 3.8) is 0 Å². The van der Waals surface area contributed by atoms with Crippen molar-refractivity contribution in [2.75, 3.05) is 0 Å². The van der Waals surface area contributed by atoms with Crippen molar-refractivity contribution in [3.8, 4) is 0 Å². The van der Waals surface area contributed by atoms with E-state index in [1.165, 1.54) is 6.92 Å². The standard InChI is InChI=1S/C12H18N4O2/c1-8-5-3-4-6-10(8)7-14-12(18)16-15-11(17)9(2)13/h3-6,9H,7,13H2,1-2H3,(H,15,17)(H2,14,16,18)/t9-/m1/s1. The number of amides is 3. The number of nitrogens with two attached hydrogens (primary N) is 1. The molecule has 6 heteroatoms. The molecule has 0 unspecified atom stereocenters. The third kappa shape index (κ3) is 4.42. The molecule has 18 heavy (non-hydrogen) atoms. The van der Waals surface area contributed by atoms with Crippen LogP contribution < -0.4 is 21.9 Å². The third-order valence-corrected chi connectivity index (χ3v) is 2.41. The zero-order chi connectivity index (χ0) is 13.5. The topological polar surface area (TPSA) is 96.2 Å². The summed E-state index contributed by atoms with van der Waals surface area (Å²) in [7, 11) is 0. The van der Waals surface area contributed by atoms with Gasteiger partial charge in [0.15, 0.2) is 0 Å². The second-order valence-corrected chi connectivity index (χ2v) is 4.01. The first-order valence-electron chi connectivity index (χ1n) is 5.64. The number of hydrazine groups is 1. The summed E-state index contributed by atoms with van der Waals surface area (Å²) in [5.74, 6) is -0.443. The minimum Gasteiger partial charge on any atom is -0.333 e. The fourth-order valence-corrected chi connectivity index (χ4v) is 1.26. The van der Waals surface area contributed by atoms with Gasteiger partial charge in [0.25, 0.3) is 5.91 Å². The van der Waals surface area contributed by atoms with Gasteiger partial charge in [-0.3, -0.25) is 10.2 Å². The number of hydrogen-bond donors (Lipinski definition) is 4. The molecule has 98 valence electrons. The Bertz CT molecular complexity index is 432. The summed E-state index contributed by atoms with van der Waals surface area (Å²) in [5.41, 5.74) is 11.9. The Morgan fingerprint density at radius 2 is 1.94 bits per heavy atom. The molecule has 3 amide bonds. The number of carbonyl (C=O) groups excluding carboxylic acids is 2. The first-order valence-corrected chi connectivity index (χ1v) is 5.64. The molecule has 0 aliphatic rings. The zero-order valence-electron chi connectivity index (χ0n) is 10.5. The Balaban J connectivity index is 2.34. The molecule has 1 atom stereocenters. The van der Waals surface area contributed by atoms with E-state index in [0.717, 1.165) is 11.1 Å². The molecule has 1 aromatic rings. The van der Waals surface area contributed by atoms with Crippen LogP contribution in [0.25, 0.3) is 0 Å². The van der Waals surface area contributed by atoms with Gasteiger partial charge in [-0.2, -0.15) is 0 Å². The maximum absolute atomic E-state index is 11.4. The maximum Gasteiger partial charge on any atom is 0.333 e. The fourth-order valence-electron chi connectivity index (χ4n) is 1.26. The summed E-state index contributed by atoms with van der Waals surface area (Å²) in [4.78, 5) is 22.5. The molecule has 0 fully saturated rings. The van der Waals surface area contributed by atoms with E-state index < -0.39 is 18.0 Å². The van der Waals surface area contributed by atoms with E-state index in [0.29, 0.717) is 6.54 Å². The third-order valence-electron chi connectivity index (χ3n) is 2.41. The van der Waals surface area contributed by atoms with Gasteiger partial charge in [0, 0.05) is 6.54 Å². The summed E-state index contributed by atoms with van der Waals surface area (Å²) in [6.45, 7) is 3.89. The average molecular weight is 250 g/mol. The van der Waals surface area contributed by atoms with Crippen LogP contribution in [-0.2, 0) is 11.3 Å². The second kappa shape index (κ2) is 6.61. The van der Waals surface area contributed by atoms with E-state index in [2.05, 4.69) is 16.2 Å². The molecule has 0 saturated carbocycles. The van der Waals surface area contributed by atoms with Crippen molar-refractivity contribution in [3.05, 3.63) is 35.4 Å². The molecular formula is C12H18N4O2. The molecule has 0 aliphatic carbocycles. The van der Waals surface area contributed by atoms with Gasteiger partial charge in [-0.05, 0) is 25.0 Å². The van der Waals surface area contributed by atoms with Crippen molar-refractivity contribution < 1.29 is 9.59 Å². The monoisotopic (exact) mass is 250 g/mol. The summed E-state index contributed by atoms with van der Waals surface area (Å²) in [6, 6.07) is 6.58. The van der Waals surface area contributed by atoms with Gasteiger partial charge >= 0.3 is 6.03 Å². The number of hydrogen-bond acceptors (Lipinski definition) is 3. The number of rotatable bonds is 3. The van der Waals surface area contributed by atoms with E-state index >= 15 is 0 Å². The predicted molar refractivity (Wildman–Crippen MR) is 68.3 cm³/mol. The molecule has 0 saturated heterocycles. The lowest BCUT2D eigenvalue weighted by molar-refractivity contribution is -0.122. The number of aryl methyl sites for hydroxylation is 1. The Kier molecular flexibility index (Phi) is 5.13. The fraction of sp³-hybridized carbons (Fsp3) is 0.333. The van der Waals surface area contributed by atoms with Gasteiger partial charge < -0.3 is 11.1 Å². The highest BCUT2D eigenvalue weighted by Gasteiger charge is 2.08. The van der Waals surface area contributed by atoms with Crippen molar-refractivity contribution in [1.82, 2.24) is 16.2 Å². The number of benzene rings is 1. The summed E-state index contributed by atoms with van der Waals surface area (Å²) < 4.78 is 0. The number of urea groups is 1. The molecule has 0 aliphatic heterocycles. The van der Waals surface area contributed by atoms with Crippen LogP contribution in [0.1, 0.15) is 18.1 Å². The van der Waals surface area contributed by atoms with Crippen molar-refractivity contribution in [2.45, 2.75) is 26.4 Å². The molecule has 0 radical (unpaired) electrons. The van der Waals surface area contributed by atoms with E-state index in [1.807, 2.05) is 31.2 Å². The van der Waals surface area contributed by atoms with Crippen LogP contribution in [0.5, 0.6) is 0 Å². The Morgan fingerprint density at radius 1 is 1.28 bits per heavy atom. The predicted octanol–water partition coefficient (Wildman–Crippen LogP) is 0.173. The second-order valence-electron chi connectivity index (χ2n) is 4.01. The summed E-state index contributed by atoms with van der Waals surface area (Å²) in [5, 5.41) is 2.63. The van der Waals surface area contributed by atoms with Crippen molar-refractivity contribution in [2.24, 2.45) is 5.73 Å². The highest BCUT2D eigenvalue weighted by atomic mass is 16.2. The first-order chi connectivity index (χ1) is 8.50. The van der Waals surface area contributed by atoms with Crippen LogP contribution in [0.3, 0.4) is 0 Å². The highest BCUT2D eigenvalue weighted by molar-refractivity contribution is 5.84. The highest BCUT2D eigenvalue weighted by Crippen LogP contribution is 2.05. The zero-order valence-corrected chi connectivity index (χ0v) is 10.5. The minimum atomic E-state index is -0.665. The molecule has 6 nitrogen and oxygen atoms in total. The number of nitrogens with one attached hydrogen (secondary N) is 3. The van der Waals surface area contributed by atoms with Crippen LogP contribution in [0.2, 0.25) is 0 Å². The van der Waals surface area contributed by atoms with Crippen LogP contribution in [0, 0.1) is 6.92 Å². The molecule has 1 rings (SSSR count). The van der Waals surface area contributed by atoms with Crippen molar-refractivity contribution in [1.29, 1.82) is 0 Å². The first kappa shape index (κ1) is 14.0. The van der Waals surface area contributed by atoms with Crippen LogP contribution in [0.15, 0.2) is 24.3 Å². The average Bonchev–Trinajstić information content (AvgIpc) is 2.34. The molecule has 5 N–H and O–H groups in total. The van der Waals surface area contributed by atoms with Crippen molar-refractivity contribution >= 4 is 11.9 Å². The minimum absolute atomic E-state index is 0.395. The SMILES string of the molecule is Cc1ccccc1CNC(=O)NNC(=O)[C@@H](C)N. The molecule has 0 spiro atoms. The van der Waals surface area contributed by atoms with Gasteiger partial charge in [-0.15, -0.1) is 0 Å². The van der Waals surface area contributed by atoms with Gasteiger partial charge in [0.05, 0.1) is 6.04 Å². The summed E-state index contributed by atoms with van der Waals surface area (Å²) >= 11 is 0. The largest absolute Gasteiger partial charge is 0.333 e. The maximum atomic E-state index is 11.4. The van der Waals surface area contributed by atoms with E-state index in [-0.39, 0.29) is 0 Å². The Hall–Kier alpha value is -2.08. The Labute approximate surface area is 106 Å². The Morgan fingerprint density at radius 3 is 2.56 bits per heavy atom.